The molecule has 2 atom stereocenters. The Labute approximate surface area is 277 Å². The maximum atomic E-state index is 13.7. The molecule has 1 aromatic heterocycles. The number of carboxylic acid groups (broad SMARTS) is 1. The van der Waals surface area contributed by atoms with E-state index < -0.39 is 39.9 Å². The molecule has 3 aromatic carbocycles. The Bertz CT molecular complexity index is 1880. The minimum atomic E-state index is -4.30. The molecule has 3 N–H and O–H groups in total. The Morgan fingerprint density at radius 3 is 2.18 bits per heavy atom. The van der Waals surface area contributed by atoms with Crippen molar-refractivity contribution < 1.29 is 27.9 Å². The van der Waals surface area contributed by atoms with Crippen molar-refractivity contribution >= 4 is 79.9 Å². The SMILES string of the molecule is O=C(Nc1ccc(C[C@H](NC(=O)C2c3ccccc3CN2S(=O)(=O)c2cc(Cl)cc(Cl)c2)C(=O)O)cc1)c1c(Cl)cncc1Cl. The third-order valence-electron chi connectivity index (χ3n) is 7.00. The van der Waals surface area contributed by atoms with E-state index in [1.807, 2.05) is 0 Å². The second kappa shape index (κ2) is 13.3. The van der Waals surface area contributed by atoms with Crippen LogP contribution in [0.5, 0.6) is 0 Å². The lowest BCUT2D eigenvalue weighted by atomic mass is 10.0. The van der Waals surface area contributed by atoms with Gasteiger partial charge in [0, 0.05) is 41.1 Å². The molecule has 0 aliphatic carbocycles. The molecule has 1 aliphatic heterocycles. The van der Waals surface area contributed by atoms with Gasteiger partial charge in [-0.1, -0.05) is 82.8 Å². The fraction of sp³-hybridized carbons (Fsp3) is 0.133. The van der Waals surface area contributed by atoms with E-state index in [1.165, 1.54) is 30.6 Å². The number of hydrogen-bond donors (Lipinski definition) is 3. The number of carbonyl (C=O) groups is 3. The summed E-state index contributed by atoms with van der Waals surface area (Å²) in [5.74, 6) is -2.71. The number of aromatic nitrogens is 1. The van der Waals surface area contributed by atoms with E-state index in [1.54, 1.807) is 48.5 Å². The lowest BCUT2D eigenvalue weighted by Gasteiger charge is -2.26. The predicted octanol–water partition coefficient (Wildman–Crippen LogP) is 6.01. The van der Waals surface area contributed by atoms with Crippen LogP contribution in [0.15, 0.2) is 84.0 Å². The van der Waals surface area contributed by atoms with Gasteiger partial charge in [0.2, 0.25) is 15.9 Å². The first-order valence-corrected chi connectivity index (χ1v) is 16.1. The second-order valence-corrected chi connectivity index (χ2v) is 13.6. The van der Waals surface area contributed by atoms with Crippen molar-refractivity contribution in [3.8, 4) is 0 Å². The highest BCUT2D eigenvalue weighted by atomic mass is 35.5. The molecule has 1 aliphatic rings. The van der Waals surface area contributed by atoms with Crippen molar-refractivity contribution in [2.24, 2.45) is 0 Å². The van der Waals surface area contributed by atoms with Gasteiger partial charge >= 0.3 is 5.97 Å². The molecule has 2 heterocycles. The van der Waals surface area contributed by atoms with E-state index in [9.17, 15) is 27.9 Å². The van der Waals surface area contributed by atoms with Gasteiger partial charge in [-0.2, -0.15) is 4.31 Å². The summed E-state index contributed by atoms with van der Waals surface area (Å²) in [6.07, 6.45) is 2.44. The normalized spacial score (nSPS) is 15.2. The molecule has 0 radical (unpaired) electrons. The molecule has 1 unspecified atom stereocenters. The topological polar surface area (TPSA) is 146 Å². The van der Waals surface area contributed by atoms with Gasteiger partial charge in [0.15, 0.2) is 0 Å². The Morgan fingerprint density at radius 1 is 0.933 bits per heavy atom. The molecule has 45 heavy (non-hydrogen) atoms. The number of carboxylic acids is 1. The Balaban J connectivity index is 1.35. The number of fused-ring (bicyclic) bond motifs is 1. The van der Waals surface area contributed by atoms with Crippen LogP contribution in [0.25, 0.3) is 0 Å². The molecule has 4 aromatic rings. The summed E-state index contributed by atoms with van der Waals surface area (Å²) in [4.78, 5) is 42.2. The van der Waals surface area contributed by atoms with E-state index in [2.05, 4.69) is 15.6 Å². The number of nitrogens with one attached hydrogen (secondary N) is 2. The lowest BCUT2D eigenvalue weighted by molar-refractivity contribution is -0.142. The van der Waals surface area contributed by atoms with Crippen LogP contribution in [0, 0.1) is 0 Å². The first kappa shape index (κ1) is 32.7. The third-order valence-corrected chi connectivity index (χ3v) is 9.80. The number of amides is 2. The van der Waals surface area contributed by atoms with Crippen LogP contribution in [0.4, 0.5) is 5.69 Å². The zero-order chi connectivity index (χ0) is 32.5. The third kappa shape index (κ3) is 7.09. The summed E-state index contributed by atoms with van der Waals surface area (Å²) in [6.45, 7) is -0.123. The van der Waals surface area contributed by atoms with E-state index in [0.29, 0.717) is 22.4 Å². The molecule has 15 heteroatoms. The zero-order valence-electron chi connectivity index (χ0n) is 22.9. The highest BCUT2D eigenvalue weighted by molar-refractivity contribution is 7.89. The highest BCUT2D eigenvalue weighted by Gasteiger charge is 2.44. The first-order chi connectivity index (χ1) is 21.3. The molecule has 2 amide bonds. The maximum Gasteiger partial charge on any atom is 0.326 e. The van der Waals surface area contributed by atoms with Crippen molar-refractivity contribution in [1.82, 2.24) is 14.6 Å². The van der Waals surface area contributed by atoms with Gasteiger partial charge in [0.05, 0.1) is 20.5 Å². The maximum absolute atomic E-state index is 13.7. The fourth-order valence-electron chi connectivity index (χ4n) is 4.90. The number of aliphatic carboxylic acids is 1. The monoisotopic (exact) mass is 706 g/mol. The van der Waals surface area contributed by atoms with Crippen molar-refractivity contribution in [2.75, 3.05) is 5.32 Å². The summed E-state index contributed by atoms with van der Waals surface area (Å²) in [7, 11) is -4.30. The summed E-state index contributed by atoms with van der Waals surface area (Å²) in [5.41, 5.74) is 1.96. The minimum Gasteiger partial charge on any atom is -0.480 e. The average molecular weight is 708 g/mol. The number of halogens is 4. The van der Waals surface area contributed by atoms with Crippen molar-refractivity contribution in [3.05, 3.63) is 121 Å². The fourth-order valence-corrected chi connectivity index (χ4v) is 7.71. The van der Waals surface area contributed by atoms with Crippen LogP contribution in [0.3, 0.4) is 0 Å². The van der Waals surface area contributed by atoms with Gasteiger partial charge in [-0.25, -0.2) is 13.2 Å². The predicted molar refractivity (Wildman–Crippen MR) is 170 cm³/mol. The summed E-state index contributed by atoms with van der Waals surface area (Å²) in [5, 5.41) is 15.5. The summed E-state index contributed by atoms with van der Waals surface area (Å²) < 4.78 is 28.5. The molecule has 232 valence electrons. The molecular formula is C30H22Cl4N4O6S. The van der Waals surface area contributed by atoms with Crippen molar-refractivity contribution in [3.63, 3.8) is 0 Å². The molecule has 0 spiro atoms. The van der Waals surface area contributed by atoms with Crippen LogP contribution < -0.4 is 10.6 Å². The van der Waals surface area contributed by atoms with Crippen LogP contribution in [-0.4, -0.2) is 46.6 Å². The van der Waals surface area contributed by atoms with Crippen LogP contribution in [-0.2, 0) is 32.6 Å². The molecule has 0 fully saturated rings. The van der Waals surface area contributed by atoms with Gasteiger partial charge in [0.1, 0.15) is 12.1 Å². The molecule has 0 saturated carbocycles. The van der Waals surface area contributed by atoms with Gasteiger partial charge in [-0.15, -0.1) is 0 Å². The number of anilines is 1. The molecular weight excluding hydrogens is 686 g/mol. The number of pyridine rings is 1. The minimum absolute atomic E-state index is 0.0501. The molecule has 0 saturated heterocycles. The number of carbonyl (C=O) groups excluding carboxylic acids is 2. The van der Waals surface area contributed by atoms with Crippen LogP contribution in [0.2, 0.25) is 20.1 Å². The van der Waals surface area contributed by atoms with Crippen molar-refractivity contribution in [2.45, 2.75) is 29.9 Å². The Morgan fingerprint density at radius 2 is 1.56 bits per heavy atom. The number of sulfonamides is 1. The standard InChI is InChI=1S/C30H22Cl4N4O6S/c31-18-10-19(32)12-21(11-18)45(43,44)38-15-17-3-1-2-4-22(17)27(38)29(40)37-25(30(41)42)9-16-5-7-20(8-6-16)36-28(39)26-23(33)13-35-14-24(26)34/h1-8,10-14,25,27H,9,15H2,(H,36,39)(H,37,40)(H,41,42)/t25-,27?/m0/s1. The average Bonchev–Trinajstić information content (AvgIpc) is 3.38. The van der Waals surface area contributed by atoms with E-state index in [0.717, 1.165) is 4.31 Å². The molecule has 0 bridgehead atoms. The molecule has 10 nitrogen and oxygen atoms in total. The van der Waals surface area contributed by atoms with Gasteiger partial charge in [-0.3, -0.25) is 14.6 Å². The van der Waals surface area contributed by atoms with Gasteiger partial charge in [-0.05, 0) is 47.0 Å². The Kier molecular flexibility index (Phi) is 9.68. The zero-order valence-corrected chi connectivity index (χ0v) is 26.7. The van der Waals surface area contributed by atoms with Crippen LogP contribution >= 0.6 is 46.4 Å². The number of hydrogen-bond acceptors (Lipinski definition) is 6. The summed E-state index contributed by atoms with van der Waals surface area (Å²) in [6, 6.07) is 14.0. The largest absolute Gasteiger partial charge is 0.480 e. The molecule has 5 rings (SSSR count). The number of nitrogens with zero attached hydrogens (tertiary/aromatic N) is 2. The van der Waals surface area contributed by atoms with Crippen molar-refractivity contribution in [1.29, 1.82) is 0 Å². The smallest absolute Gasteiger partial charge is 0.326 e. The van der Waals surface area contributed by atoms with Crippen LogP contribution in [0.1, 0.15) is 33.1 Å². The highest BCUT2D eigenvalue weighted by Crippen LogP contribution is 2.39. The van der Waals surface area contributed by atoms with Gasteiger partial charge < -0.3 is 15.7 Å². The van der Waals surface area contributed by atoms with Gasteiger partial charge in [0.25, 0.3) is 5.91 Å². The van der Waals surface area contributed by atoms with E-state index in [-0.39, 0.29) is 43.5 Å². The lowest BCUT2D eigenvalue weighted by Crippen LogP contribution is -2.47. The first-order valence-electron chi connectivity index (χ1n) is 13.1. The summed E-state index contributed by atoms with van der Waals surface area (Å²) >= 11 is 24.2. The number of rotatable bonds is 9. The van der Waals surface area contributed by atoms with E-state index >= 15 is 0 Å². The quantitative estimate of drug-likeness (QED) is 0.193. The second-order valence-electron chi connectivity index (χ2n) is 9.99. The van der Waals surface area contributed by atoms with E-state index in [4.69, 9.17) is 46.4 Å². The Hall–Kier alpha value is -3.71. The number of benzene rings is 3.